The molecule has 0 unspecified atom stereocenters. The molecule has 1 aromatic heterocycles. The first-order valence-electron chi connectivity index (χ1n) is 9.59. The Labute approximate surface area is 187 Å². The van der Waals surface area contributed by atoms with Crippen LogP contribution < -0.4 is 9.46 Å². The van der Waals surface area contributed by atoms with Crippen LogP contribution in [0.5, 0.6) is 5.75 Å². The topological polar surface area (TPSA) is 102 Å². The summed E-state index contributed by atoms with van der Waals surface area (Å²) in [5.41, 5.74) is 1.28. The first-order valence-corrected chi connectivity index (χ1v) is 11.2. The van der Waals surface area contributed by atoms with Crippen molar-refractivity contribution in [1.82, 2.24) is 9.71 Å². The lowest BCUT2D eigenvalue weighted by Crippen LogP contribution is -2.32. The molecule has 1 amide bonds. The van der Waals surface area contributed by atoms with Crippen LogP contribution in [0.25, 0.3) is 0 Å². The molecule has 0 spiro atoms. The molecule has 1 heterocycles. The predicted molar refractivity (Wildman–Crippen MR) is 123 cm³/mol. The van der Waals surface area contributed by atoms with Gasteiger partial charge < -0.3 is 4.74 Å². The van der Waals surface area contributed by atoms with E-state index in [1.54, 1.807) is 38.3 Å². The molecule has 3 aromatic rings. The summed E-state index contributed by atoms with van der Waals surface area (Å²) in [6, 6.07) is 20.6. The number of aryl methyl sites for hydroxylation is 1. The quantitative estimate of drug-likeness (QED) is 0.434. The van der Waals surface area contributed by atoms with Crippen LogP contribution in [0.3, 0.4) is 0 Å². The highest BCUT2D eigenvalue weighted by Gasteiger charge is 2.17. The Morgan fingerprint density at radius 2 is 1.66 bits per heavy atom. The standard InChI is InChI=1S/C17H16N2O4S.C7H8O/c1-3-10-24(22,23)19-17(21)14-8-5-7-13(11-14)16(20)15-9-4-6-12(2)18-15;1-8-7-5-3-2-4-6-7/h3-9,11H,1,10H2,2H3,(H,19,21);2-6H,1H3. The largest absolute Gasteiger partial charge is 0.497 e. The summed E-state index contributed by atoms with van der Waals surface area (Å²) in [6.07, 6.45) is 1.18. The minimum absolute atomic E-state index is 0.0705. The van der Waals surface area contributed by atoms with Gasteiger partial charge in [0.2, 0.25) is 15.8 Å². The summed E-state index contributed by atoms with van der Waals surface area (Å²) in [5, 5.41) is 0. The summed E-state index contributed by atoms with van der Waals surface area (Å²) in [7, 11) is -2.12. The number of aromatic nitrogens is 1. The van der Waals surface area contributed by atoms with Crippen LogP contribution in [0.4, 0.5) is 0 Å². The van der Waals surface area contributed by atoms with Gasteiger partial charge in [-0.25, -0.2) is 18.1 Å². The third-order valence-corrected chi connectivity index (χ3v) is 5.24. The number of pyridine rings is 1. The van der Waals surface area contributed by atoms with Gasteiger partial charge in [-0.1, -0.05) is 42.5 Å². The number of hydrogen-bond acceptors (Lipinski definition) is 6. The Morgan fingerprint density at radius 3 is 2.25 bits per heavy atom. The molecule has 0 fully saturated rings. The van der Waals surface area contributed by atoms with E-state index in [2.05, 4.69) is 11.6 Å². The molecule has 3 rings (SSSR count). The summed E-state index contributed by atoms with van der Waals surface area (Å²) in [5.74, 6) is -0.608. The van der Waals surface area contributed by atoms with E-state index in [0.29, 0.717) is 5.69 Å². The zero-order chi connectivity index (χ0) is 23.6. The predicted octanol–water partition coefficient (Wildman–Crippen LogP) is 3.56. The molecule has 0 radical (unpaired) electrons. The summed E-state index contributed by atoms with van der Waals surface area (Å²) >= 11 is 0. The Kier molecular flexibility index (Phi) is 8.85. The Balaban J connectivity index is 0.000000380. The van der Waals surface area contributed by atoms with Crippen LogP contribution in [0.1, 0.15) is 32.1 Å². The number of hydrogen-bond donors (Lipinski definition) is 1. The van der Waals surface area contributed by atoms with Crippen molar-refractivity contribution in [3.05, 3.63) is 108 Å². The molecule has 32 heavy (non-hydrogen) atoms. The van der Waals surface area contributed by atoms with E-state index in [0.717, 1.165) is 5.75 Å². The van der Waals surface area contributed by atoms with Gasteiger partial charge in [0.1, 0.15) is 11.4 Å². The smallest absolute Gasteiger partial charge is 0.264 e. The fourth-order valence-electron chi connectivity index (χ4n) is 2.57. The van der Waals surface area contributed by atoms with Gasteiger partial charge in [0.05, 0.1) is 12.9 Å². The summed E-state index contributed by atoms with van der Waals surface area (Å²) < 4.78 is 30.1. The molecule has 0 saturated carbocycles. The van der Waals surface area contributed by atoms with Crippen molar-refractivity contribution < 1.29 is 22.7 Å². The molecule has 0 saturated heterocycles. The second-order valence-electron chi connectivity index (χ2n) is 6.59. The Morgan fingerprint density at radius 1 is 1.00 bits per heavy atom. The van der Waals surface area contributed by atoms with E-state index in [1.807, 2.05) is 35.1 Å². The van der Waals surface area contributed by atoms with Gasteiger partial charge in [-0.15, -0.1) is 6.58 Å². The number of ketones is 1. The van der Waals surface area contributed by atoms with Crippen LogP contribution in [0.2, 0.25) is 0 Å². The highest BCUT2D eigenvalue weighted by atomic mass is 32.2. The Hall–Kier alpha value is -3.78. The number of carbonyl (C=O) groups is 2. The average Bonchev–Trinajstić information content (AvgIpc) is 2.79. The van der Waals surface area contributed by atoms with Gasteiger partial charge in [-0.05, 0) is 43.3 Å². The van der Waals surface area contributed by atoms with Crippen molar-refractivity contribution in [2.45, 2.75) is 6.92 Å². The average molecular weight is 453 g/mol. The maximum Gasteiger partial charge on any atom is 0.264 e. The second kappa shape index (κ2) is 11.6. The first kappa shape index (κ1) is 24.5. The lowest BCUT2D eigenvalue weighted by Gasteiger charge is -2.07. The molecule has 0 aliphatic rings. The van der Waals surface area contributed by atoms with E-state index >= 15 is 0 Å². The number of sulfonamides is 1. The molecule has 0 aliphatic heterocycles. The third kappa shape index (κ3) is 7.48. The molecule has 0 bridgehead atoms. The first-order chi connectivity index (χ1) is 15.3. The molecule has 0 aliphatic carbocycles. The lowest BCUT2D eigenvalue weighted by atomic mass is 10.0. The van der Waals surface area contributed by atoms with E-state index in [-0.39, 0.29) is 28.4 Å². The fourth-order valence-corrected chi connectivity index (χ4v) is 3.37. The molecular formula is C24H24N2O5S. The molecule has 1 N–H and O–H groups in total. The Bertz CT molecular complexity index is 1190. The molecule has 166 valence electrons. The fraction of sp³-hybridized carbons (Fsp3) is 0.125. The third-order valence-electron chi connectivity index (χ3n) is 4.07. The van der Waals surface area contributed by atoms with Gasteiger partial charge in [0.25, 0.3) is 5.91 Å². The van der Waals surface area contributed by atoms with Gasteiger partial charge >= 0.3 is 0 Å². The maximum absolute atomic E-state index is 12.4. The number of rotatable bonds is 7. The zero-order valence-electron chi connectivity index (χ0n) is 17.8. The van der Waals surface area contributed by atoms with Gasteiger partial charge in [0, 0.05) is 16.8 Å². The van der Waals surface area contributed by atoms with E-state index in [4.69, 9.17) is 4.74 Å². The number of nitrogens with one attached hydrogen (secondary N) is 1. The summed E-state index contributed by atoms with van der Waals surface area (Å²) in [4.78, 5) is 28.6. The molecule has 2 aromatic carbocycles. The monoisotopic (exact) mass is 452 g/mol. The van der Waals surface area contributed by atoms with E-state index < -0.39 is 15.9 Å². The maximum atomic E-state index is 12.4. The number of benzene rings is 2. The van der Waals surface area contributed by atoms with Crippen molar-refractivity contribution in [1.29, 1.82) is 0 Å². The minimum atomic E-state index is -3.78. The highest BCUT2D eigenvalue weighted by molar-refractivity contribution is 7.90. The van der Waals surface area contributed by atoms with Gasteiger partial charge in [-0.2, -0.15) is 0 Å². The van der Waals surface area contributed by atoms with E-state index in [1.165, 1.54) is 24.3 Å². The van der Waals surface area contributed by atoms with Crippen LogP contribution in [-0.4, -0.2) is 38.0 Å². The van der Waals surface area contributed by atoms with Crippen molar-refractivity contribution >= 4 is 21.7 Å². The SMILES string of the molecule is C=CCS(=O)(=O)NC(=O)c1cccc(C(=O)c2cccc(C)n2)c1.COc1ccccc1. The number of amides is 1. The second-order valence-corrected chi connectivity index (χ2v) is 8.36. The molecule has 8 heteroatoms. The van der Waals surface area contributed by atoms with Crippen molar-refractivity contribution in [3.8, 4) is 5.75 Å². The van der Waals surface area contributed by atoms with Crippen molar-refractivity contribution in [2.75, 3.05) is 12.9 Å². The van der Waals surface area contributed by atoms with Crippen LogP contribution in [0, 0.1) is 6.92 Å². The zero-order valence-corrected chi connectivity index (χ0v) is 18.6. The number of nitrogens with zero attached hydrogens (tertiary/aromatic N) is 1. The van der Waals surface area contributed by atoms with Crippen molar-refractivity contribution in [3.63, 3.8) is 0 Å². The van der Waals surface area contributed by atoms with Gasteiger partial charge in [0.15, 0.2) is 0 Å². The number of ether oxygens (including phenoxy) is 1. The minimum Gasteiger partial charge on any atom is -0.497 e. The van der Waals surface area contributed by atoms with Crippen molar-refractivity contribution in [2.24, 2.45) is 0 Å². The highest BCUT2D eigenvalue weighted by Crippen LogP contribution is 2.11. The number of methoxy groups -OCH3 is 1. The molecular weight excluding hydrogens is 428 g/mol. The normalized spacial score (nSPS) is 10.3. The number of carbonyl (C=O) groups excluding carboxylic acids is 2. The van der Waals surface area contributed by atoms with Crippen LogP contribution in [0.15, 0.2) is 85.5 Å². The number of para-hydroxylation sites is 1. The lowest BCUT2D eigenvalue weighted by molar-refractivity contribution is 0.0981. The summed E-state index contributed by atoms with van der Waals surface area (Å²) in [6.45, 7) is 5.09. The van der Waals surface area contributed by atoms with Gasteiger partial charge in [-0.3, -0.25) is 9.59 Å². The molecule has 7 nitrogen and oxygen atoms in total. The van der Waals surface area contributed by atoms with Crippen LogP contribution in [-0.2, 0) is 10.0 Å². The molecule has 0 atom stereocenters. The van der Waals surface area contributed by atoms with E-state index in [9.17, 15) is 18.0 Å². The van der Waals surface area contributed by atoms with Crippen LogP contribution >= 0.6 is 0 Å².